The van der Waals surface area contributed by atoms with Crippen LogP contribution in [0.1, 0.15) is 36.3 Å². The van der Waals surface area contributed by atoms with E-state index in [4.69, 9.17) is 16.3 Å². The number of benzene rings is 2. The molecule has 1 atom stereocenters. The van der Waals surface area contributed by atoms with Crippen LogP contribution in [0.3, 0.4) is 0 Å². The number of carbonyl (C=O) groups is 1. The van der Waals surface area contributed by atoms with Crippen molar-refractivity contribution < 1.29 is 9.53 Å². The van der Waals surface area contributed by atoms with E-state index >= 15 is 0 Å². The summed E-state index contributed by atoms with van der Waals surface area (Å²) in [7, 11) is 0. The van der Waals surface area contributed by atoms with Crippen LogP contribution >= 0.6 is 11.6 Å². The molecule has 0 N–H and O–H groups in total. The number of carbonyl (C=O) groups excluding carboxylic acids is 1. The molecule has 126 valence electrons. The van der Waals surface area contributed by atoms with Gasteiger partial charge in [-0.3, -0.25) is 0 Å². The van der Waals surface area contributed by atoms with Crippen molar-refractivity contribution in [1.82, 2.24) is 4.90 Å². The fourth-order valence-electron chi connectivity index (χ4n) is 3.13. The second-order valence-electron chi connectivity index (χ2n) is 6.23. The number of nitrogens with zero attached hydrogens (tertiary/aromatic N) is 1. The van der Waals surface area contributed by atoms with E-state index in [-0.39, 0.29) is 6.09 Å². The van der Waals surface area contributed by atoms with Crippen LogP contribution < -0.4 is 0 Å². The zero-order chi connectivity index (χ0) is 16.8. The Morgan fingerprint density at radius 2 is 1.83 bits per heavy atom. The number of rotatable bonds is 3. The van der Waals surface area contributed by atoms with E-state index in [9.17, 15) is 4.79 Å². The van der Waals surface area contributed by atoms with E-state index in [0.717, 1.165) is 36.4 Å². The average Bonchev–Trinajstić information content (AvgIpc) is 2.87. The molecule has 0 bridgehead atoms. The Labute approximate surface area is 148 Å². The van der Waals surface area contributed by atoms with Gasteiger partial charge in [0, 0.05) is 24.0 Å². The Balaban J connectivity index is 1.61. The van der Waals surface area contributed by atoms with Crippen LogP contribution in [0.25, 0.3) is 0 Å². The Kier molecular flexibility index (Phi) is 5.76. The highest BCUT2D eigenvalue weighted by atomic mass is 35.5. The standard InChI is InChI=1S/C20H22ClNO2/c21-19-11-9-17(10-12-19)18-8-4-5-13-22(14-18)20(23)24-15-16-6-2-1-3-7-16/h1-3,6-7,9-12,18H,4-5,8,13-15H2. The van der Waals surface area contributed by atoms with Crippen LogP contribution in [-0.4, -0.2) is 24.1 Å². The summed E-state index contributed by atoms with van der Waals surface area (Å²) in [5, 5.41) is 0.742. The fourth-order valence-corrected chi connectivity index (χ4v) is 3.25. The first kappa shape index (κ1) is 16.8. The predicted molar refractivity (Wildman–Crippen MR) is 96.2 cm³/mol. The normalized spacial score (nSPS) is 18.0. The molecule has 1 unspecified atom stereocenters. The van der Waals surface area contributed by atoms with Gasteiger partial charge in [0.05, 0.1) is 0 Å². The summed E-state index contributed by atoms with van der Waals surface area (Å²) in [5.41, 5.74) is 2.25. The molecule has 0 spiro atoms. The maximum Gasteiger partial charge on any atom is 0.410 e. The Hall–Kier alpha value is -2.00. The maximum absolute atomic E-state index is 12.4. The Bertz CT molecular complexity index is 657. The van der Waals surface area contributed by atoms with Crippen LogP contribution in [0.5, 0.6) is 0 Å². The lowest BCUT2D eigenvalue weighted by Crippen LogP contribution is -2.34. The molecule has 3 rings (SSSR count). The van der Waals surface area contributed by atoms with Crippen LogP contribution in [0.15, 0.2) is 54.6 Å². The average molecular weight is 344 g/mol. The van der Waals surface area contributed by atoms with Crippen LogP contribution in [0.2, 0.25) is 5.02 Å². The molecule has 1 saturated heterocycles. The summed E-state index contributed by atoms with van der Waals surface area (Å²) < 4.78 is 5.49. The van der Waals surface area contributed by atoms with E-state index in [1.165, 1.54) is 5.56 Å². The predicted octanol–water partition coefficient (Wildman–Crippen LogP) is 5.25. The quantitative estimate of drug-likeness (QED) is 0.762. The molecule has 1 aliphatic heterocycles. The van der Waals surface area contributed by atoms with Crippen LogP contribution in [0, 0.1) is 0 Å². The first-order chi connectivity index (χ1) is 11.7. The molecule has 0 aromatic heterocycles. The van der Waals surface area contributed by atoms with Crippen molar-refractivity contribution in [2.45, 2.75) is 31.8 Å². The zero-order valence-corrected chi connectivity index (χ0v) is 14.4. The molecule has 3 nitrogen and oxygen atoms in total. The third kappa shape index (κ3) is 4.51. The SMILES string of the molecule is O=C(OCc1ccccc1)N1CCCCC(c2ccc(Cl)cc2)C1. The van der Waals surface area contributed by atoms with Crippen molar-refractivity contribution in [3.8, 4) is 0 Å². The highest BCUT2D eigenvalue weighted by Crippen LogP contribution is 2.27. The van der Waals surface area contributed by atoms with Gasteiger partial charge in [-0.15, -0.1) is 0 Å². The van der Waals surface area contributed by atoms with Gasteiger partial charge in [-0.05, 0) is 36.1 Å². The van der Waals surface area contributed by atoms with Crippen molar-refractivity contribution in [2.24, 2.45) is 0 Å². The van der Waals surface area contributed by atoms with Crippen molar-refractivity contribution in [2.75, 3.05) is 13.1 Å². The van der Waals surface area contributed by atoms with Crippen LogP contribution in [0.4, 0.5) is 4.79 Å². The fraction of sp³-hybridized carbons (Fsp3) is 0.350. The number of halogens is 1. The molecule has 1 amide bonds. The molecule has 1 heterocycles. The highest BCUT2D eigenvalue weighted by Gasteiger charge is 2.24. The minimum absolute atomic E-state index is 0.222. The van der Waals surface area contributed by atoms with Gasteiger partial charge < -0.3 is 9.64 Å². The third-order valence-corrected chi connectivity index (χ3v) is 4.73. The molecule has 24 heavy (non-hydrogen) atoms. The van der Waals surface area contributed by atoms with Crippen molar-refractivity contribution in [3.05, 3.63) is 70.7 Å². The number of ether oxygens (including phenoxy) is 1. The molecule has 4 heteroatoms. The number of hydrogen-bond acceptors (Lipinski definition) is 2. The van der Waals surface area contributed by atoms with Crippen molar-refractivity contribution in [3.63, 3.8) is 0 Å². The van der Waals surface area contributed by atoms with Crippen molar-refractivity contribution >= 4 is 17.7 Å². The van der Waals surface area contributed by atoms with Gasteiger partial charge in [0.25, 0.3) is 0 Å². The summed E-state index contributed by atoms with van der Waals surface area (Å²) in [6.45, 7) is 1.79. The number of hydrogen-bond donors (Lipinski definition) is 0. The lowest BCUT2D eigenvalue weighted by Gasteiger charge is -2.24. The lowest BCUT2D eigenvalue weighted by molar-refractivity contribution is 0.0959. The van der Waals surface area contributed by atoms with Gasteiger partial charge in [0.15, 0.2) is 0 Å². The van der Waals surface area contributed by atoms with Gasteiger partial charge >= 0.3 is 6.09 Å². The molecule has 1 aliphatic rings. The molecule has 0 radical (unpaired) electrons. The van der Waals surface area contributed by atoms with E-state index in [2.05, 4.69) is 12.1 Å². The Morgan fingerprint density at radius 3 is 2.58 bits per heavy atom. The Morgan fingerprint density at radius 1 is 1.08 bits per heavy atom. The monoisotopic (exact) mass is 343 g/mol. The minimum Gasteiger partial charge on any atom is -0.445 e. The van der Waals surface area contributed by atoms with Gasteiger partial charge in [0.2, 0.25) is 0 Å². The zero-order valence-electron chi connectivity index (χ0n) is 13.7. The summed E-state index contributed by atoms with van der Waals surface area (Å²) >= 11 is 5.98. The molecule has 0 aliphatic carbocycles. The molecular formula is C20H22ClNO2. The molecule has 1 fully saturated rings. The largest absolute Gasteiger partial charge is 0.445 e. The summed E-state index contributed by atoms with van der Waals surface area (Å²) in [4.78, 5) is 14.3. The van der Waals surface area contributed by atoms with Crippen LogP contribution in [-0.2, 0) is 11.3 Å². The van der Waals surface area contributed by atoms with Gasteiger partial charge in [-0.25, -0.2) is 4.79 Å². The van der Waals surface area contributed by atoms with Gasteiger partial charge in [0.1, 0.15) is 6.61 Å². The molecular weight excluding hydrogens is 322 g/mol. The van der Waals surface area contributed by atoms with E-state index in [1.807, 2.05) is 47.4 Å². The first-order valence-electron chi connectivity index (χ1n) is 8.43. The molecule has 0 saturated carbocycles. The van der Waals surface area contributed by atoms with Gasteiger partial charge in [-0.1, -0.05) is 60.5 Å². The minimum atomic E-state index is -0.222. The third-order valence-electron chi connectivity index (χ3n) is 4.48. The van der Waals surface area contributed by atoms with Gasteiger partial charge in [-0.2, -0.15) is 0 Å². The maximum atomic E-state index is 12.4. The lowest BCUT2D eigenvalue weighted by atomic mass is 9.94. The second kappa shape index (κ2) is 8.20. The van der Waals surface area contributed by atoms with E-state index in [0.29, 0.717) is 19.1 Å². The summed E-state index contributed by atoms with van der Waals surface area (Å²) in [6.07, 6.45) is 3.00. The molecule has 2 aromatic rings. The first-order valence-corrected chi connectivity index (χ1v) is 8.81. The number of likely N-dealkylation sites (tertiary alicyclic amines) is 1. The van der Waals surface area contributed by atoms with Crippen molar-refractivity contribution in [1.29, 1.82) is 0 Å². The topological polar surface area (TPSA) is 29.5 Å². The smallest absolute Gasteiger partial charge is 0.410 e. The molecule has 2 aromatic carbocycles. The second-order valence-corrected chi connectivity index (χ2v) is 6.67. The highest BCUT2D eigenvalue weighted by molar-refractivity contribution is 6.30. The summed E-state index contributed by atoms with van der Waals surface area (Å²) in [5.74, 6) is 0.342. The number of amides is 1. The summed E-state index contributed by atoms with van der Waals surface area (Å²) in [6, 6.07) is 17.7. The van der Waals surface area contributed by atoms with E-state index in [1.54, 1.807) is 0 Å². The van der Waals surface area contributed by atoms with E-state index < -0.39 is 0 Å².